The fourth-order valence-electron chi connectivity index (χ4n) is 3.54. The van der Waals surface area contributed by atoms with Crippen molar-refractivity contribution in [1.29, 1.82) is 0 Å². The molecule has 0 saturated carbocycles. The number of fused-ring (bicyclic) bond motifs is 2. The van der Waals surface area contributed by atoms with E-state index in [1.807, 2.05) is 41.2 Å². The van der Waals surface area contributed by atoms with E-state index in [9.17, 15) is 8.42 Å². The highest BCUT2D eigenvalue weighted by Gasteiger charge is 2.18. The molecule has 0 saturated heterocycles. The molecule has 0 spiro atoms. The van der Waals surface area contributed by atoms with E-state index >= 15 is 0 Å². The molecule has 3 aromatic rings. The second-order valence-electron chi connectivity index (χ2n) is 6.42. The minimum Gasteiger partial charge on any atom is -0.268 e. The summed E-state index contributed by atoms with van der Waals surface area (Å²) in [6.07, 6.45) is 6.43. The smallest absolute Gasteiger partial charge is 0.241 e. The van der Waals surface area contributed by atoms with Gasteiger partial charge in [-0.05, 0) is 42.7 Å². The van der Waals surface area contributed by atoms with Gasteiger partial charge in [0, 0.05) is 17.6 Å². The average molecular weight is 355 g/mol. The fraction of sp³-hybridized carbons (Fsp3) is 0.316. The van der Waals surface area contributed by atoms with Crippen LogP contribution in [-0.2, 0) is 29.4 Å². The molecule has 6 heteroatoms. The molecule has 1 N–H and O–H groups in total. The lowest BCUT2D eigenvalue weighted by Crippen LogP contribution is -2.28. The van der Waals surface area contributed by atoms with Crippen molar-refractivity contribution >= 4 is 20.8 Å². The molecule has 0 atom stereocenters. The molecule has 130 valence electrons. The Bertz CT molecular complexity index is 1000. The van der Waals surface area contributed by atoms with E-state index in [1.165, 1.54) is 24.1 Å². The van der Waals surface area contributed by atoms with Gasteiger partial charge < -0.3 is 0 Å². The average Bonchev–Trinajstić information content (AvgIpc) is 3.04. The summed E-state index contributed by atoms with van der Waals surface area (Å²) in [6, 6.07) is 12.9. The zero-order valence-corrected chi connectivity index (χ0v) is 14.8. The molecule has 0 aliphatic heterocycles. The second-order valence-corrected chi connectivity index (χ2v) is 8.16. The third-order valence-electron chi connectivity index (χ3n) is 4.80. The minimum atomic E-state index is -3.55. The molecule has 4 rings (SSSR count). The highest BCUT2D eigenvalue weighted by atomic mass is 32.2. The quantitative estimate of drug-likeness (QED) is 0.765. The first-order valence-electron chi connectivity index (χ1n) is 8.66. The van der Waals surface area contributed by atoms with Crippen LogP contribution in [0.25, 0.3) is 10.8 Å². The van der Waals surface area contributed by atoms with Crippen molar-refractivity contribution in [3.05, 3.63) is 59.9 Å². The van der Waals surface area contributed by atoms with Crippen LogP contribution < -0.4 is 4.72 Å². The molecular formula is C19H21N3O2S. The zero-order valence-electron chi connectivity index (χ0n) is 14.0. The maximum atomic E-state index is 12.7. The van der Waals surface area contributed by atoms with Crippen LogP contribution in [0.5, 0.6) is 0 Å². The number of rotatable bonds is 5. The molecule has 0 radical (unpaired) electrons. The Morgan fingerprint density at radius 3 is 2.76 bits per heavy atom. The summed E-state index contributed by atoms with van der Waals surface area (Å²) in [5, 5.41) is 6.09. The van der Waals surface area contributed by atoms with E-state index in [1.54, 1.807) is 12.1 Å². The third kappa shape index (κ3) is 3.19. The van der Waals surface area contributed by atoms with Crippen molar-refractivity contribution in [1.82, 2.24) is 14.5 Å². The molecule has 1 aliphatic carbocycles. The zero-order chi connectivity index (χ0) is 17.3. The van der Waals surface area contributed by atoms with Crippen molar-refractivity contribution in [3.8, 4) is 0 Å². The minimum absolute atomic E-state index is 0.327. The van der Waals surface area contributed by atoms with E-state index in [0.29, 0.717) is 18.0 Å². The first-order chi connectivity index (χ1) is 12.1. The Balaban J connectivity index is 1.51. The van der Waals surface area contributed by atoms with Gasteiger partial charge in [0.2, 0.25) is 10.0 Å². The molecule has 2 aromatic carbocycles. The van der Waals surface area contributed by atoms with Gasteiger partial charge in [-0.3, -0.25) is 4.68 Å². The Kier molecular flexibility index (Phi) is 4.31. The SMILES string of the molecule is O=S(=O)(NCCn1ncc2c1CCCC2)c1cccc2ccccc12. The molecule has 0 amide bonds. The van der Waals surface area contributed by atoms with Gasteiger partial charge in [-0.2, -0.15) is 5.10 Å². The number of benzene rings is 2. The Hall–Kier alpha value is -2.18. The lowest BCUT2D eigenvalue weighted by atomic mass is 9.98. The van der Waals surface area contributed by atoms with Gasteiger partial charge in [-0.15, -0.1) is 0 Å². The van der Waals surface area contributed by atoms with E-state index in [-0.39, 0.29) is 0 Å². The molecule has 1 aromatic heterocycles. The topological polar surface area (TPSA) is 64.0 Å². The van der Waals surface area contributed by atoms with Gasteiger partial charge in [-0.1, -0.05) is 36.4 Å². The fourth-order valence-corrected chi connectivity index (χ4v) is 4.79. The van der Waals surface area contributed by atoms with Gasteiger partial charge in [-0.25, -0.2) is 13.1 Å². The summed E-state index contributed by atoms with van der Waals surface area (Å²) < 4.78 is 30.1. The Labute approximate surface area is 147 Å². The highest BCUT2D eigenvalue weighted by Crippen LogP contribution is 2.23. The van der Waals surface area contributed by atoms with Gasteiger partial charge in [0.25, 0.3) is 0 Å². The number of nitrogens with one attached hydrogen (secondary N) is 1. The molecule has 5 nitrogen and oxygen atoms in total. The Morgan fingerprint density at radius 1 is 1.04 bits per heavy atom. The van der Waals surface area contributed by atoms with Crippen molar-refractivity contribution in [2.24, 2.45) is 0 Å². The first-order valence-corrected chi connectivity index (χ1v) is 10.1. The third-order valence-corrected chi connectivity index (χ3v) is 6.32. The lowest BCUT2D eigenvalue weighted by molar-refractivity contribution is 0.538. The predicted octanol–water partition coefficient (Wildman–Crippen LogP) is 2.89. The predicted molar refractivity (Wildman–Crippen MR) is 98.0 cm³/mol. The number of hydrogen-bond donors (Lipinski definition) is 1. The molecule has 0 unspecified atom stereocenters. The van der Waals surface area contributed by atoms with Crippen LogP contribution in [0.3, 0.4) is 0 Å². The number of aryl methyl sites for hydroxylation is 1. The van der Waals surface area contributed by atoms with Crippen molar-refractivity contribution in [2.75, 3.05) is 6.54 Å². The van der Waals surface area contributed by atoms with Crippen LogP contribution in [0.1, 0.15) is 24.1 Å². The summed E-state index contributed by atoms with van der Waals surface area (Å²) in [5.41, 5.74) is 2.57. The largest absolute Gasteiger partial charge is 0.268 e. The molecule has 1 aliphatic rings. The van der Waals surface area contributed by atoms with E-state index in [0.717, 1.165) is 23.6 Å². The molecule has 25 heavy (non-hydrogen) atoms. The number of sulfonamides is 1. The second kappa shape index (κ2) is 6.61. The normalized spacial score (nSPS) is 14.6. The number of nitrogens with zero attached hydrogens (tertiary/aromatic N) is 2. The summed E-state index contributed by atoms with van der Waals surface area (Å²) in [4.78, 5) is 0.327. The van der Waals surface area contributed by atoms with Crippen LogP contribution in [0, 0.1) is 0 Å². The maximum absolute atomic E-state index is 12.7. The van der Waals surface area contributed by atoms with Gasteiger partial charge in [0.15, 0.2) is 0 Å². The number of aromatic nitrogens is 2. The van der Waals surface area contributed by atoms with Gasteiger partial charge in [0.05, 0.1) is 17.6 Å². The van der Waals surface area contributed by atoms with Crippen LogP contribution >= 0.6 is 0 Å². The van der Waals surface area contributed by atoms with Crippen LogP contribution in [0.4, 0.5) is 0 Å². The van der Waals surface area contributed by atoms with Crippen molar-refractivity contribution in [3.63, 3.8) is 0 Å². The van der Waals surface area contributed by atoms with E-state index in [4.69, 9.17) is 0 Å². The van der Waals surface area contributed by atoms with Crippen molar-refractivity contribution in [2.45, 2.75) is 37.1 Å². The maximum Gasteiger partial charge on any atom is 0.241 e. The molecule has 0 fully saturated rings. The van der Waals surface area contributed by atoms with E-state index in [2.05, 4.69) is 9.82 Å². The highest BCUT2D eigenvalue weighted by molar-refractivity contribution is 7.89. The van der Waals surface area contributed by atoms with E-state index < -0.39 is 10.0 Å². The summed E-state index contributed by atoms with van der Waals surface area (Å²) in [5.74, 6) is 0. The first kappa shape index (κ1) is 16.3. The Morgan fingerprint density at radius 2 is 1.84 bits per heavy atom. The molecule has 1 heterocycles. The number of hydrogen-bond acceptors (Lipinski definition) is 3. The van der Waals surface area contributed by atoms with Crippen molar-refractivity contribution < 1.29 is 8.42 Å². The lowest BCUT2D eigenvalue weighted by Gasteiger charge is -2.14. The summed E-state index contributed by atoms with van der Waals surface area (Å²) >= 11 is 0. The summed E-state index contributed by atoms with van der Waals surface area (Å²) in [7, 11) is -3.55. The van der Waals surface area contributed by atoms with Gasteiger partial charge >= 0.3 is 0 Å². The van der Waals surface area contributed by atoms with Gasteiger partial charge in [0.1, 0.15) is 0 Å². The molecular weight excluding hydrogens is 334 g/mol. The summed E-state index contributed by atoms with van der Waals surface area (Å²) in [6.45, 7) is 0.888. The monoisotopic (exact) mass is 355 g/mol. The standard InChI is InChI=1S/C19H21N3O2S/c23-25(24,19-11-5-8-15-6-1-3-9-17(15)19)21-12-13-22-18-10-4-2-7-16(18)14-20-22/h1,3,5-6,8-9,11,14,21H,2,4,7,10,12-13H2. The van der Waals surface area contributed by atoms with Crippen LogP contribution in [0.2, 0.25) is 0 Å². The molecule has 0 bridgehead atoms. The van der Waals surface area contributed by atoms with Crippen LogP contribution in [-0.4, -0.2) is 24.7 Å². The van der Waals surface area contributed by atoms with Crippen LogP contribution in [0.15, 0.2) is 53.6 Å².